The van der Waals surface area contributed by atoms with Gasteiger partial charge in [0, 0.05) is 12.1 Å². The van der Waals surface area contributed by atoms with Crippen molar-refractivity contribution in [3.8, 4) is 0 Å². The summed E-state index contributed by atoms with van der Waals surface area (Å²) >= 11 is 0. The predicted octanol–water partition coefficient (Wildman–Crippen LogP) is 5.66. The Morgan fingerprint density at radius 2 is 1.72 bits per heavy atom. The molecule has 0 aliphatic carbocycles. The lowest BCUT2D eigenvalue weighted by Crippen LogP contribution is -2.31. The second kappa shape index (κ2) is 11.0. The Kier molecular flexibility index (Phi) is 7.64. The number of Topliss-reactive ketones (excluding diaryl/α,β-unsaturated/α-hetero) is 1. The summed E-state index contributed by atoms with van der Waals surface area (Å²) in [6, 6.07) is 22.8. The van der Waals surface area contributed by atoms with Crippen molar-refractivity contribution in [2.75, 3.05) is 11.5 Å². The summed E-state index contributed by atoms with van der Waals surface area (Å²) in [6.45, 7) is 4.12. The molecule has 0 bridgehead atoms. The van der Waals surface area contributed by atoms with E-state index in [1.165, 1.54) is 4.90 Å². The van der Waals surface area contributed by atoms with Gasteiger partial charge in [0.15, 0.2) is 11.5 Å². The molecule has 6 heteroatoms. The molecule has 0 fully saturated rings. The lowest BCUT2D eigenvalue weighted by molar-refractivity contribution is -0.118. The Balaban J connectivity index is 1.72. The van der Waals surface area contributed by atoms with Crippen LogP contribution in [-0.4, -0.2) is 29.4 Å². The third-order valence-electron chi connectivity index (χ3n) is 6.15. The van der Waals surface area contributed by atoms with Crippen molar-refractivity contribution in [3.63, 3.8) is 0 Å². The number of carbonyl (C=O) groups is 3. The van der Waals surface area contributed by atoms with Gasteiger partial charge in [-0.05, 0) is 49.1 Å². The molecule has 1 aliphatic heterocycles. The fourth-order valence-corrected chi connectivity index (χ4v) is 4.41. The monoisotopic (exact) mass is 483 g/mol. The number of esters is 1. The molecule has 1 heterocycles. The zero-order valence-corrected chi connectivity index (χ0v) is 20.4. The van der Waals surface area contributed by atoms with E-state index < -0.39 is 23.7 Å². The number of aliphatic hydroxyl groups is 1. The number of carbonyl (C=O) groups excluding carboxylic acids is 3. The number of aliphatic hydroxyl groups excluding tert-OH is 1. The number of amides is 1. The second-order valence-electron chi connectivity index (χ2n) is 8.85. The number of ether oxygens (including phenoxy) is 1. The van der Waals surface area contributed by atoms with Crippen molar-refractivity contribution in [1.82, 2.24) is 0 Å². The molecule has 1 amide bonds. The Morgan fingerprint density at radius 3 is 2.44 bits per heavy atom. The molecular weight excluding hydrogens is 454 g/mol. The van der Waals surface area contributed by atoms with Crippen LogP contribution in [0, 0.1) is 6.92 Å². The van der Waals surface area contributed by atoms with E-state index in [0.29, 0.717) is 36.3 Å². The van der Waals surface area contributed by atoms with Gasteiger partial charge in [-0.25, -0.2) is 4.79 Å². The van der Waals surface area contributed by atoms with Gasteiger partial charge in [0.05, 0.1) is 23.8 Å². The summed E-state index contributed by atoms with van der Waals surface area (Å²) in [5, 5.41) is 10.9. The number of anilines is 1. The van der Waals surface area contributed by atoms with Crippen molar-refractivity contribution < 1.29 is 24.2 Å². The summed E-state index contributed by atoms with van der Waals surface area (Å²) < 4.78 is 5.25. The van der Waals surface area contributed by atoms with E-state index in [9.17, 15) is 19.5 Å². The molecule has 0 radical (unpaired) electrons. The topological polar surface area (TPSA) is 83.9 Å². The fourth-order valence-electron chi connectivity index (χ4n) is 4.41. The van der Waals surface area contributed by atoms with Crippen LogP contribution < -0.4 is 4.90 Å². The van der Waals surface area contributed by atoms with E-state index in [0.717, 1.165) is 11.1 Å². The standard InChI is InChI=1S/C30H29NO5/c1-3-17-36-30(35)23-13-8-14-24(19-23)31-27(22-12-7-9-20(2)18-22)26(28(33)29(31)34)25(32)16-15-21-10-5-4-6-11-21/h4-14,18-19,27,33H,3,15-17H2,1-2H3. The molecule has 1 N–H and O–H groups in total. The molecule has 6 nitrogen and oxygen atoms in total. The van der Waals surface area contributed by atoms with Gasteiger partial charge in [-0.1, -0.05) is 73.2 Å². The quantitative estimate of drug-likeness (QED) is 0.397. The molecule has 1 aliphatic rings. The van der Waals surface area contributed by atoms with Gasteiger partial charge >= 0.3 is 5.97 Å². The average Bonchev–Trinajstić information content (AvgIpc) is 3.16. The van der Waals surface area contributed by atoms with Crippen molar-refractivity contribution >= 4 is 23.3 Å². The summed E-state index contributed by atoms with van der Waals surface area (Å²) in [6.07, 6.45) is 1.33. The zero-order valence-electron chi connectivity index (χ0n) is 20.4. The molecule has 0 saturated heterocycles. The van der Waals surface area contributed by atoms with Crippen molar-refractivity contribution in [3.05, 3.63) is 112 Å². The number of benzene rings is 3. The van der Waals surface area contributed by atoms with Crippen LogP contribution in [0.1, 0.15) is 52.9 Å². The smallest absolute Gasteiger partial charge is 0.338 e. The molecular formula is C30H29NO5. The maximum absolute atomic E-state index is 13.4. The highest BCUT2D eigenvalue weighted by atomic mass is 16.5. The predicted molar refractivity (Wildman–Crippen MR) is 138 cm³/mol. The molecule has 184 valence electrons. The number of hydrogen-bond acceptors (Lipinski definition) is 5. The average molecular weight is 484 g/mol. The second-order valence-corrected chi connectivity index (χ2v) is 8.85. The molecule has 3 aromatic carbocycles. The first-order chi connectivity index (χ1) is 17.4. The van der Waals surface area contributed by atoms with E-state index in [4.69, 9.17) is 4.74 Å². The number of hydrogen-bond donors (Lipinski definition) is 1. The highest BCUT2D eigenvalue weighted by Gasteiger charge is 2.44. The van der Waals surface area contributed by atoms with Crippen LogP contribution >= 0.6 is 0 Å². The Morgan fingerprint density at radius 1 is 0.972 bits per heavy atom. The maximum Gasteiger partial charge on any atom is 0.338 e. The lowest BCUT2D eigenvalue weighted by atomic mass is 9.92. The molecule has 1 unspecified atom stereocenters. The first kappa shape index (κ1) is 24.9. The fraction of sp³-hybridized carbons (Fsp3) is 0.233. The highest BCUT2D eigenvalue weighted by molar-refractivity contribution is 6.16. The van der Waals surface area contributed by atoms with Gasteiger partial charge in [-0.2, -0.15) is 0 Å². The van der Waals surface area contributed by atoms with Gasteiger partial charge in [-0.15, -0.1) is 0 Å². The Hall–Kier alpha value is -4.19. The molecule has 36 heavy (non-hydrogen) atoms. The third-order valence-corrected chi connectivity index (χ3v) is 6.15. The van der Waals surface area contributed by atoms with E-state index in [1.54, 1.807) is 24.3 Å². The Bertz CT molecular complexity index is 1310. The van der Waals surface area contributed by atoms with Crippen molar-refractivity contribution in [2.24, 2.45) is 0 Å². The third kappa shape index (κ3) is 5.23. The van der Waals surface area contributed by atoms with Crippen LogP contribution in [0.25, 0.3) is 0 Å². The zero-order chi connectivity index (χ0) is 25.7. The maximum atomic E-state index is 13.4. The van der Waals surface area contributed by atoms with Gasteiger partial charge in [0.25, 0.3) is 5.91 Å². The number of aryl methyl sites for hydroxylation is 2. The minimum absolute atomic E-state index is 0.0699. The van der Waals surface area contributed by atoms with Gasteiger partial charge in [0.1, 0.15) is 0 Å². The summed E-state index contributed by atoms with van der Waals surface area (Å²) in [5.41, 5.74) is 3.42. The molecule has 4 rings (SSSR count). The van der Waals surface area contributed by atoms with Crippen LogP contribution in [0.5, 0.6) is 0 Å². The van der Waals surface area contributed by atoms with Crippen LogP contribution in [0.2, 0.25) is 0 Å². The molecule has 0 saturated carbocycles. The van der Waals surface area contributed by atoms with Crippen LogP contribution in [-0.2, 0) is 20.7 Å². The normalized spacial score (nSPS) is 15.3. The summed E-state index contributed by atoms with van der Waals surface area (Å²) in [5.74, 6) is -2.02. The number of nitrogens with zero attached hydrogens (tertiary/aromatic N) is 1. The Labute approximate surface area is 210 Å². The van der Waals surface area contributed by atoms with Crippen molar-refractivity contribution in [1.29, 1.82) is 0 Å². The highest BCUT2D eigenvalue weighted by Crippen LogP contribution is 2.41. The van der Waals surface area contributed by atoms with Crippen molar-refractivity contribution in [2.45, 2.75) is 39.2 Å². The van der Waals surface area contributed by atoms with Gasteiger partial charge in [0.2, 0.25) is 0 Å². The SMILES string of the molecule is CCCOC(=O)c1cccc(N2C(=O)C(O)=C(C(=O)CCc3ccccc3)C2c2cccc(C)c2)c1. The summed E-state index contributed by atoms with van der Waals surface area (Å²) in [4.78, 5) is 40.7. The minimum Gasteiger partial charge on any atom is -0.503 e. The number of ketones is 1. The summed E-state index contributed by atoms with van der Waals surface area (Å²) in [7, 11) is 0. The lowest BCUT2D eigenvalue weighted by Gasteiger charge is -2.27. The van der Waals surface area contributed by atoms with Gasteiger partial charge < -0.3 is 9.84 Å². The largest absolute Gasteiger partial charge is 0.503 e. The van der Waals surface area contributed by atoms with E-state index in [1.807, 2.05) is 68.4 Å². The molecule has 0 spiro atoms. The minimum atomic E-state index is -0.817. The van der Waals surface area contributed by atoms with E-state index in [2.05, 4.69) is 0 Å². The van der Waals surface area contributed by atoms with Crippen LogP contribution in [0.3, 0.4) is 0 Å². The molecule has 3 aromatic rings. The molecule has 0 aromatic heterocycles. The first-order valence-electron chi connectivity index (χ1n) is 12.1. The first-order valence-corrected chi connectivity index (χ1v) is 12.1. The van der Waals surface area contributed by atoms with Gasteiger partial charge in [-0.3, -0.25) is 14.5 Å². The van der Waals surface area contributed by atoms with E-state index in [-0.39, 0.29) is 17.8 Å². The van der Waals surface area contributed by atoms with E-state index >= 15 is 0 Å². The number of rotatable bonds is 9. The van der Waals surface area contributed by atoms with Crippen LogP contribution in [0.15, 0.2) is 90.2 Å². The molecule has 1 atom stereocenters. The van der Waals surface area contributed by atoms with Crippen LogP contribution in [0.4, 0.5) is 5.69 Å².